The molecule has 0 bridgehead atoms. The number of alkyl halides is 1. The van der Waals surface area contributed by atoms with E-state index >= 15 is 0 Å². The highest BCUT2D eigenvalue weighted by Gasteiger charge is 2.31. The average molecular weight is 431 g/mol. The van der Waals surface area contributed by atoms with E-state index in [4.69, 9.17) is 9.72 Å². The maximum atomic E-state index is 15.0. The highest BCUT2D eigenvalue weighted by atomic mass is 19.1. The van der Waals surface area contributed by atoms with Crippen LogP contribution in [-0.2, 0) is 4.74 Å². The van der Waals surface area contributed by atoms with Crippen LogP contribution in [0.5, 0.6) is 0 Å². The van der Waals surface area contributed by atoms with Crippen LogP contribution in [0.4, 0.5) is 24.8 Å². The molecule has 1 unspecified atom stereocenters. The Kier molecular flexibility index (Phi) is 6.50. The molecule has 3 aromatic rings. The van der Waals surface area contributed by atoms with Crippen molar-refractivity contribution in [2.75, 3.05) is 43.6 Å². The molecule has 0 saturated carbocycles. The number of rotatable bonds is 7. The van der Waals surface area contributed by atoms with Gasteiger partial charge in [0.1, 0.15) is 23.3 Å². The summed E-state index contributed by atoms with van der Waals surface area (Å²) in [5, 5.41) is 3.26. The lowest BCUT2D eigenvalue weighted by Gasteiger charge is -2.35. The summed E-state index contributed by atoms with van der Waals surface area (Å²) in [5.41, 5.74) is 1.32. The van der Waals surface area contributed by atoms with Gasteiger partial charge < -0.3 is 15.0 Å². The molecule has 31 heavy (non-hydrogen) atoms. The van der Waals surface area contributed by atoms with Gasteiger partial charge >= 0.3 is 0 Å². The molecule has 0 radical (unpaired) electrons. The smallest absolute Gasteiger partial charge is 0.172 e. The number of aromatic nitrogens is 3. The third-order valence-corrected chi connectivity index (χ3v) is 5.56. The van der Waals surface area contributed by atoms with E-state index in [9.17, 15) is 13.2 Å². The van der Waals surface area contributed by atoms with Gasteiger partial charge in [0.25, 0.3) is 0 Å². The fourth-order valence-corrected chi connectivity index (χ4v) is 3.89. The van der Waals surface area contributed by atoms with Gasteiger partial charge in [0, 0.05) is 44.6 Å². The van der Waals surface area contributed by atoms with E-state index in [1.54, 1.807) is 25.6 Å². The highest BCUT2D eigenvalue weighted by molar-refractivity contribution is 5.79. The van der Waals surface area contributed by atoms with E-state index in [0.29, 0.717) is 56.2 Å². The molecule has 9 heteroatoms. The van der Waals surface area contributed by atoms with Crippen LogP contribution < -0.4 is 10.2 Å². The number of halogens is 3. The predicted molar refractivity (Wildman–Crippen MR) is 113 cm³/mol. The fourth-order valence-electron chi connectivity index (χ4n) is 3.89. The van der Waals surface area contributed by atoms with Gasteiger partial charge in [-0.3, -0.25) is 4.98 Å². The van der Waals surface area contributed by atoms with E-state index in [-0.39, 0.29) is 11.5 Å². The Bertz CT molecular complexity index is 1040. The topological polar surface area (TPSA) is 63.2 Å². The summed E-state index contributed by atoms with van der Waals surface area (Å²) in [4.78, 5) is 15.6. The van der Waals surface area contributed by atoms with Crippen LogP contribution in [0.15, 0.2) is 36.7 Å². The third kappa shape index (κ3) is 4.71. The summed E-state index contributed by atoms with van der Waals surface area (Å²) in [6.07, 6.45) is 2.88. The van der Waals surface area contributed by atoms with Crippen molar-refractivity contribution in [2.24, 2.45) is 5.92 Å². The molecular formula is C22H24F3N5O. The van der Waals surface area contributed by atoms with Gasteiger partial charge in [-0.1, -0.05) is 6.07 Å². The summed E-state index contributed by atoms with van der Waals surface area (Å²) >= 11 is 0. The molecule has 1 saturated heterocycles. The van der Waals surface area contributed by atoms with Crippen molar-refractivity contribution in [1.82, 2.24) is 15.0 Å². The number of pyridine rings is 1. The van der Waals surface area contributed by atoms with Gasteiger partial charge in [-0.2, -0.15) is 0 Å². The first-order valence-corrected chi connectivity index (χ1v) is 10.3. The number of nitrogens with one attached hydrogen (secondary N) is 1. The van der Waals surface area contributed by atoms with Crippen LogP contribution in [0.3, 0.4) is 0 Å². The lowest BCUT2D eigenvalue weighted by molar-refractivity contribution is 0.193. The van der Waals surface area contributed by atoms with Crippen LogP contribution in [0, 0.1) is 17.6 Å². The Labute approximate surface area is 178 Å². The maximum Gasteiger partial charge on any atom is 0.172 e. The molecule has 0 aliphatic carbocycles. The first kappa shape index (κ1) is 21.3. The molecule has 6 nitrogen and oxygen atoms in total. The Morgan fingerprint density at radius 3 is 2.71 bits per heavy atom. The van der Waals surface area contributed by atoms with Gasteiger partial charge in [0.05, 0.1) is 18.3 Å². The quantitative estimate of drug-likeness (QED) is 0.563. The number of hydrogen-bond acceptors (Lipinski definition) is 6. The molecule has 1 aliphatic heterocycles. The minimum Gasteiger partial charge on any atom is -0.383 e. The predicted octanol–water partition coefficient (Wildman–Crippen LogP) is 4.29. The summed E-state index contributed by atoms with van der Waals surface area (Å²) in [6, 6.07) is 4.82. The first-order chi connectivity index (χ1) is 15.1. The molecule has 164 valence electrons. The molecule has 1 N–H and O–H groups in total. The van der Waals surface area contributed by atoms with Crippen molar-refractivity contribution in [3.63, 3.8) is 0 Å². The van der Waals surface area contributed by atoms with E-state index in [2.05, 4.69) is 20.2 Å². The van der Waals surface area contributed by atoms with E-state index < -0.39 is 17.8 Å². The van der Waals surface area contributed by atoms with Crippen molar-refractivity contribution in [3.05, 3.63) is 53.9 Å². The lowest BCUT2D eigenvalue weighted by Crippen LogP contribution is -2.36. The molecule has 0 spiro atoms. The van der Waals surface area contributed by atoms with Gasteiger partial charge in [-0.15, -0.1) is 0 Å². The zero-order valence-electron chi connectivity index (χ0n) is 17.2. The van der Waals surface area contributed by atoms with Crippen molar-refractivity contribution >= 4 is 22.7 Å². The number of anilines is 2. The zero-order chi connectivity index (χ0) is 21.8. The molecule has 1 fully saturated rings. The standard InChI is InChI=1S/C22H24F3N5O/c1-31-11-8-27-21-22(29-19-13-26-7-4-18(19)28-21)30-9-5-14(6-10-30)20(25)16-3-2-15(23)12-17(16)24/h2-4,7,12-14,20H,5-6,8-11H2,1H3,(H,27,28). The van der Waals surface area contributed by atoms with Crippen LogP contribution in [0.2, 0.25) is 0 Å². The minimum atomic E-state index is -1.48. The van der Waals surface area contributed by atoms with Crippen LogP contribution in [-0.4, -0.2) is 48.3 Å². The van der Waals surface area contributed by atoms with Gasteiger partial charge in [0.15, 0.2) is 11.6 Å². The van der Waals surface area contributed by atoms with E-state index in [1.165, 1.54) is 6.07 Å². The van der Waals surface area contributed by atoms with Crippen molar-refractivity contribution in [3.8, 4) is 0 Å². The Morgan fingerprint density at radius 1 is 1.16 bits per heavy atom. The normalized spacial score (nSPS) is 15.9. The van der Waals surface area contributed by atoms with Crippen LogP contribution in [0.25, 0.3) is 11.0 Å². The zero-order valence-corrected chi connectivity index (χ0v) is 17.2. The highest BCUT2D eigenvalue weighted by Crippen LogP contribution is 2.37. The molecule has 1 atom stereocenters. The van der Waals surface area contributed by atoms with Crippen molar-refractivity contribution in [1.29, 1.82) is 0 Å². The molecule has 0 amide bonds. The molecular weight excluding hydrogens is 407 g/mol. The van der Waals surface area contributed by atoms with Crippen LogP contribution in [0.1, 0.15) is 24.6 Å². The minimum absolute atomic E-state index is 0.0849. The van der Waals surface area contributed by atoms with Gasteiger partial charge in [0.2, 0.25) is 0 Å². The summed E-state index contributed by atoms with van der Waals surface area (Å²) in [5.74, 6) is -0.584. The monoisotopic (exact) mass is 431 g/mol. The van der Waals surface area contributed by atoms with Crippen molar-refractivity contribution in [2.45, 2.75) is 19.0 Å². The fraction of sp³-hybridized carbons (Fsp3) is 0.409. The second-order valence-electron chi connectivity index (χ2n) is 7.57. The number of nitrogens with zero attached hydrogens (tertiary/aromatic N) is 4. The van der Waals surface area contributed by atoms with Gasteiger partial charge in [-0.25, -0.2) is 23.1 Å². The third-order valence-electron chi connectivity index (χ3n) is 5.56. The second-order valence-corrected chi connectivity index (χ2v) is 7.57. The van der Waals surface area contributed by atoms with E-state index in [0.717, 1.165) is 17.6 Å². The second kappa shape index (κ2) is 9.47. The molecule has 4 rings (SSSR count). The average Bonchev–Trinajstić information content (AvgIpc) is 2.78. The number of hydrogen-bond donors (Lipinski definition) is 1. The maximum absolute atomic E-state index is 15.0. The van der Waals surface area contributed by atoms with E-state index in [1.807, 2.05) is 0 Å². The Balaban J connectivity index is 1.51. The van der Waals surface area contributed by atoms with Gasteiger partial charge in [-0.05, 0) is 30.9 Å². The summed E-state index contributed by atoms with van der Waals surface area (Å²) in [6.45, 7) is 2.19. The molecule has 1 aromatic carbocycles. The number of fused-ring (bicyclic) bond motifs is 1. The Morgan fingerprint density at radius 2 is 1.97 bits per heavy atom. The first-order valence-electron chi connectivity index (χ1n) is 10.3. The largest absolute Gasteiger partial charge is 0.383 e. The number of benzene rings is 1. The number of ether oxygens (including phenoxy) is 1. The van der Waals surface area contributed by atoms with Crippen molar-refractivity contribution < 1.29 is 17.9 Å². The number of piperidine rings is 1. The lowest BCUT2D eigenvalue weighted by atomic mass is 9.88. The molecule has 1 aliphatic rings. The SMILES string of the molecule is COCCNc1nc2ccncc2nc1N1CCC(C(F)c2ccc(F)cc2F)CC1. The number of methoxy groups -OCH3 is 1. The molecule has 3 heterocycles. The summed E-state index contributed by atoms with van der Waals surface area (Å²) < 4.78 is 47.3. The summed E-state index contributed by atoms with van der Waals surface area (Å²) in [7, 11) is 1.63. The van der Waals surface area contributed by atoms with Crippen LogP contribution >= 0.6 is 0 Å². The molecule has 2 aromatic heterocycles. The Hall–Kier alpha value is -2.94.